The summed E-state index contributed by atoms with van der Waals surface area (Å²) >= 11 is 0. The second kappa shape index (κ2) is 9.08. The van der Waals surface area contributed by atoms with Crippen molar-refractivity contribution in [1.82, 2.24) is 9.88 Å². The van der Waals surface area contributed by atoms with Crippen LogP contribution in [-0.2, 0) is 32.6 Å². The topological polar surface area (TPSA) is 104 Å². The molecule has 9 heteroatoms. The fourth-order valence-electron chi connectivity index (χ4n) is 6.87. The Morgan fingerprint density at radius 3 is 2.62 bits per heavy atom. The van der Waals surface area contributed by atoms with E-state index in [-0.39, 0.29) is 29.6 Å². The van der Waals surface area contributed by atoms with Crippen LogP contribution in [0.1, 0.15) is 54.4 Å². The molecule has 3 heterocycles. The maximum absolute atomic E-state index is 14.6. The van der Waals surface area contributed by atoms with Gasteiger partial charge in [-0.1, -0.05) is 30.7 Å². The molecular formula is C31H28FN5O3. The molecular weight excluding hydrogens is 509 g/mol. The SMILES string of the molecule is O=C(CN1C(=O)C(c2ccccc2F)=NC12CCCCC2)Nc1ccc2c(c1)C[C@@]1(C2)C(=O)Nc2ncccc21. The molecule has 2 aliphatic heterocycles. The normalized spacial score (nSPS) is 22.3. The summed E-state index contributed by atoms with van der Waals surface area (Å²) < 4.78 is 14.6. The van der Waals surface area contributed by atoms with E-state index >= 15 is 0 Å². The summed E-state index contributed by atoms with van der Waals surface area (Å²) in [5.74, 6) is -0.713. The van der Waals surface area contributed by atoms with E-state index in [1.165, 1.54) is 11.0 Å². The van der Waals surface area contributed by atoms with Crippen LogP contribution in [0, 0.1) is 5.82 Å². The minimum absolute atomic E-state index is 0.0565. The van der Waals surface area contributed by atoms with Gasteiger partial charge in [-0.3, -0.25) is 19.4 Å². The van der Waals surface area contributed by atoms with Crippen molar-refractivity contribution < 1.29 is 18.8 Å². The van der Waals surface area contributed by atoms with Crippen molar-refractivity contribution in [2.45, 2.75) is 56.0 Å². The highest BCUT2D eigenvalue weighted by Gasteiger charge is 2.51. The Morgan fingerprint density at radius 2 is 1.80 bits per heavy atom. The van der Waals surface area contributed by atoms with E-state index < -0.39 is 22.8 Å². The number of fused-ring (bicyclic) bond motifs is 3. The first-order valence-electron chi connectivity index (χ1n) is 13.7. The average molecular weight is 538 g/mol. The molecule has 1 saturated carbocycles. The molecule has 0 unspecified atom stereocenters. The highest BCUT2D eigenvalue weighted by atomic mass is 19.1. The third-order valence-corrected chi connectivity index (χ3v) is 8.82. The molecule has 1 aromatic heterocycles. The van der Waals surface area contributed by atoms with Crippen molar-refractivity contribution in [3.8, 4) is 0 Å². The monoisotopic (exact) mass is 537 g/mol. The first-order chi connectivity index (χ1) is 19.4. The maximum atomic E-state index is 14.6. The number of nitrogens with one attached hydrogen (secondary N) is 2. The number of halogens is 1. The largest absolute Gasteiger partial charge is 0.325 e. The Labute approximate surface area is 230 Å². The second-order valence-electron chi connectivity index (χ2n) is 11.2. The number of carbonyl (C=O) groups excluding carboxylic acids is 3. The number of aromatic nitrogens is 1. The Hall–Kier alpha value is -4.40. The zero-order chi connectivity index (χ0) is 27.5. The summed E-state index contributed by atoms with van der Waals surface area (Å²) in [5, 5.41) is 5.86. The van der Waals surface area contributed by atoms with Gasteiger partial charge in [0.15, 0.2) is 0 Å². The number of nitrogens with zero attached hydrogens (tertiary/aromatic N) is 3. The highest BCUT2D eigenvalue weighted by Crippen LogP contribution is 2.47. The molecule has 0 radical (unpaired) electrons. The zero-order valence-electron chi connectivity index (χ0n) is 21.9. The smallest absolute Gasteiger partial charge is 0.275 e. The first-order valence-corrected chi connectivity index (χ1v) is 13.7. The molecule has 40 heavy (non-hydrogen) atoms. The van der Waals surface area contributed by atoms with E-state index in [1.807, 2.05) is 30.3 Å². The van der Waals surface area contributed by atoms with E-state index in [0.29, 0.717) is 37.2 Å². The molecule has 3 amide bonds. The standard InChI is InChI=1S/C31H28FN5O3/c32-24-9-3-2-7-22(24)26-28(39)37(31(36-26)12-4-1-5-13-31)18-25(38)34-21-11-10-19-16-30(17-20(19)15-21)23-8-6-14-33-27(23)35-29(30)40/h2-3,6-11,14-15H,1,4-5,12-13,16-18H2,(H,34,38)(H,33,35,40)/t30-/m1/s1. The van der Waals surface area contributed by atoms with Crippen molar-refractivity contribution >= 4 is 34.9 Å². The molecule has 0 bridgehead atoms. The van der Waals surface area contributed by atoms with Crippen molar-refractivity contribution in [2.75, 3.05) is 17.2 Å². The van der Waals surface area contributed by atoms with Gasteiger partial charge in [-0.15, -0.1) is 0 Å². The minimum atomic E-state index is -0.828. The summed E-state index contributed by atoms with van der Waals surface area (Å²) in [5.41, 5.74) is 2.29. The number of hydrogen-bond acceptors (Lipinski definition) is 5. The van der Waals surface area contributed by atoms with Crippen LogP contribution in [0.5, 0.6) is 0 Å². The molecule has 2 spiro atoms. The van der Waals surface area contributed by atoms with Gasteiger partial charge >= 0.3 is 0 Å². The first kappa shape index (κ1) is 24.6. The number of carbonyl (C=O) groups is 3. The molecule has 2 aliphatic carbocycles. The fourth-order valence-corrected chi connectivity index (χ4v) is 6.87. The van der Waals surface area contributed by atoms with Crippen LogP contribution in [0.4, 0.5) is 15.9 Å². The van der Waals surface area contributed by atoms with Gasteiger partial charge in [0.1, 0.15) is 29.6 Å². The summed E-state index contributed by atoms with van der Waals surface area (Å²) in [7, 11) is 0. The van der Waals surface area contributed by atoms with Crippen LogP contribution >= 0.6 is 0 Å². The summed E-state index contributed by atoms with van der Waals surface area (Å²) in [6, 6.07) is 15.6. The predicted molar refractivity (Wildman–Crippen MR) is 147 cm³/mol. The minimum Gasteiger partial charge on any atom is -0.325 e. The number of benzene rings is 2. The summed E-state index contributed by atoms with van der Waals surface area (Å²) in [6.45, 7) is -0.178. The van der Waals surface area contributed by atoms with Crippen molar-refractivity contribution in [2.24, 2.45) is 4.99 Å². The fraction of sp³-hybridized carbons (Fsp3) is 0.323. The lowest BCUT2D eigenvalue weighted by Gasteiger charge is -2.38. The van der Waals surface area contributed by atoms with Crippen LogP contribution < -0.4 is 10.6 Å². The van der Waals surface area contributed by atoms with E-state index in [9.17, 15) is 18.8 Å². The van der Waals surface area contributed by atoms with E-state index in [4.69, 9.17) is 4.99 Å². The molecule has 1 fully saturated rings. The summed E-state index contributed by atoms with van der Waals surface area (Å²) in [6.07, 6.45) is 6.85. The van der Waals surface area contributed by atoms with Crippen molar-refractivity contribution in [1.29, 1.82) is 0 Å². The third kappa shape index (κ3) is 3.75. The number of amides is 3. The molecule has 8 nitrogen and oxygen atoms in total. The van der Waals surface area contributed by atoms with Crippen LogP contribution in [0.3, 0.4) is 0 Å². The number of hydrogen-bond donors (Lipinski definition) is 2. The molecule has 0 saturated heterocycles. The van der Waals surface area contributed by atoms with Crippen LogP contribution in [-0.4, -0.2) is 45.5 Å². The van der Waals surface area contributed by atoms with Gasteiger partial charge in [0.25, 0.3) is 5.91 Å². The van der Waals surface area contributed by atoms with Gasteiger partial charge in [0, 0.05) is 23.0 Å². The number of anilines is 2. The van der Waals surface area contributed by atoms with E-state index in [2.05, 4.69) is 15.6 Å². The summed E-state index contributed by atoms with van der Waals surface area (Å²) in [4.78, 5) is 50.5. The molecule has 202 valence electrons. The lowest BCUT2D eigenvalue weighted by molar-refractivity contribution is -0.134. The van der Waals surface area contributed by atoms with Gasteiger partial charge in [-0.05, 0) is 80.0 Å². The van der Waals surface area contributed by atoms with Crippen LogP contribution in [0.15, 0.2) is 65.8 Å². The van der Waals surface area contributed by atoms with E-state index in [0.717, 1.165) is 36.0 Å². The predicted octanol–water partition coefficient (Wildman–Crippen LogP) is 4.14. The molecule has 4 aliphatic rings. The highest BCUT2D eigenvalue weighted by molar-refractivity contribution is 6.47. The quantitative estimate of drug-likeness (QED) is 0.522. The van der Waals surface area contributed by atoms with Crippen LogP contribution in [0.25, 0.3) is 0 Å². The van der Waals surface area contributed by atoms with Gasteiger partial charge in [-0.25, -0.2) is 9.37 Å². The van der Waals surface area contributed by atoms with Crippen molar-refractivity contribution in [3.05, 3.63) is 88.9 Å². The molecule has 7 rings (SSSR count). The second-order valence-corrected chi connectivity index (χ2v) is 11.2. The Kier molecular flexibility index (Phi) is 5.59. The van der Waals surface area contributed by atoms with E-state index in [1.54, 1.807) is 24.4 Å². The lowest BCUT2D eigenvalue weighted by atomic mass is 9.79. The number of pyridine rings is 1. The van der Waals surface area contributed by atoms with Gasteiger partial charge < -0.3 is 15.5 Å². The average Bonchev–Trinajstić information content (AvgIpc) is 3.55. The van der Waals surface area contributed by atoms with Crippen molar-refractivity contribution in [3.63, 3.8) is 0 Å². The van der Waals surface area contributed by atoms with Crippen LogP contribution in [0.2, 0.25) is 0 Å². The number of rotatable bonds is 4. The Bertz CT molecular complexity index is 1610. The maximum Gasteiger partial charge on any atom is 0.275 e. The third-order valence-electron chi connectivity index (χ3n) is 8.82. The Morgan fingerprint density at radius 1 is 1.00 bits per heavy atom. The molecule has 1 atom stereocenters. The molecule has 2 aromatic carbocycles. The number of aliphatic imine (C=N–C) groups is 1. The molecule has 2 N–H and O–H groups in total. The molecule has 3 aromatic rings. The Balaban J connectivity index is 1.11. The lowest BCUT2D eigenvalue weighted by Crippen LogP contribution is -2.51. The van der Waals surface area contributed by atoms with Gasteiger partial charge in [0.05, 0.1) is 5.41 Å². The zero-order valence-corrected chi connectivity index (χ0v) is 21.9. The van der Waals surface area contributed by atoms with Gasteiger partial charge in [0.2, 0.25) is 11.8 Å². The van der Waals surface area contributed by atoms with Gasteiger partial charge in [-0.2, -0.15) is 0 Å².